The summed E-state index contributed by atoms with van der Waals surface area (Å²) in [5.74, 6) is -0.269. The van der Waals surface area contributed by atoms with E-state index >= 15 is 4.39 Å². The number of benzene rings is 2. The first kappa shape index (κ1) is 43.8. The average molecular weight is 869 g/mol. The number of rotatable bonds is 11. The molecular weight excluding hydrogens is 811 g/mol. The van der Waals surface area contributed by atoms with Crippen LogP contribution in [0, 0.1) is 17.3 Å². The van der Waals surface area contributed by atoms with Crippen molar-refractivity contribution in [1.82, 2.24) is 40.4 Å². The lowest BCUT2D eigenvalue weighted by molar-refractivity contribution is -0.136. The maximum Gasteiger partial charge on any atom is 0.407 e. The molecule has 1 saturated carbocycles. The number of ether oxygens (including phenoxy) is 2. The van der Waals surface area contributed by atoms with E-state index in [0.29, 0.717) is 11.6 Å². The normalized spacial score (nSPS) is 22.4. The van der Waals surface area contributed by atoms with Gasteiger partial charge in [-0.1, -0.05) is 76.9 Å². The first-order valence-corrected chi connectivity index (χ1v) is 22.1. The molecule has 0 bridgehead atoms. The molecule has 0 unspecified atom stereocenters. The molecule has 14 nitrogen and oxygen atoms in total. The lowest BCUT2D eigenvalue weighted by Crippen LogP contribution is -2.51. The van der Waals surface area contributed by atoms with Gasteiger partial charge < -0.3 is 39.9 Å². The topological polar surface area (TPSA) is 175 Å². The number of halogens is 2. The minimum Gasteiger partial charge on any atom is -0.453 e. The summed E-state index contributed by atoms with van der Waals surface area (Å²) in [7, 11) is 2.47. The van der Waals surface area contributed by atoms with Gasteiger partial charge in [0.1, 0.15) is 36.1 Å². The molecule has 2 aromatic heterocycles. The van der Waals surface area contributed by atoms with Crippen molar-refractivity contribution in [2.75, 3.05) is 27.3 Å². The Morgan fingerprint density at radius 3 is 1.62 bits per heavy atom. The number of carbonyl (C=O) groups is 4. The third-order valence-electron chi connectivity index (χ3n) is 13.7. The highest BCUT2D eigenvalue weighted by molar-refractivity contribution is 5.87. The van der Waals surface area contributed by atoms with Gasteiger partial charge in [-0.05, 0) is 70.8 Å². The van der Waals surface area contributed by atoms with E-state index in [1.54, 1.807) is 12.4 Å². The molecule has 1 spiro atoms. The van der Waals surface area contributed by atoms with Crippen LogP contribution in [0.2, 0.25) is 0 Å². The summed E-state index contributed by atoms with van der Waals surface area (Å²) in [5.41, 5.74) is 8.50. The number of carbonyl (C=O) groups excluding carboxylic acids is 4. The summed E-state index contributed by atoms with van der Waals surface area (Å²) in [6.07, 6.45) is 6.42. The van der Waals surface area contributed by atoms with Crippen molar-refractivity contribution < 1.29 is 37.4 Å². The van der Waals surface area contributed by atoms with Gasteiger partial charge in [-0.3, -0.25) is 9.59 Å². The third-order valence-corrected chi connectivity index (χ3v) is 13.7. The van der Waals surface area contributed by atoms with Gasteiger partial charge in [-0.15, -0.1) is 0 Å². The molecule has 4 aliphatic rings. The van der Waals surface area contributed by atoms with Crippen molar-refractivity contribution >= 4 is 24.0 Å². The minimum atomic E-state index is -1.23. The van der Waals surface area contributed by atoms with Crippen molar-refractivity contribution in [1.29, 1.82) is 0 Å². The number of imidazole rings is 2. The van der Waals surface area contributed by atoms with Gasteiger partial charge >= 0.3 is 12.2 Å². The van der Waals surface area contributed by atoms with Crippen LogP contribution in [0.4, 0.5) is 18.4 Å². The Bertz CT molecular complexity index is 2340. The molecule has 2 aliphatic heterocycles. The summed E-state index contributed by atoms with van der Waals surface area (Å²) >= 11 is 0. The molecular formula is C47H58F2N8O6. The van der Waals surface area contributed by atoms with Gasteiger partial charge in [0.15, 0.2) is 0 Å². The van der Waals surface area contributed by atoms with Gasteiger partial charge in [0.25, 0.3) is 0 Å². The van der Waals surface area contributed by atoms with E-state index in [0.717, 1.165) is 59.3 Å². The Labute approximate surface area is 366 Å². The van der Waals surface area contributed by atoms with Crippen molar-refractivity contribution in [2.45, 2.75) is 116 Å². The number of alkyl carbamates (subject to hydrolysis) is 2. The van der Waals surface area contributed by atoms with Crippen LogP contribution in [0.3, 0.4) is 0 Å². The summed E-state index contributed by atoms with van der Waals surface area (Å²) < 4.78 is 39.5. The Kier molecular flexibility index (Phi) is 12.4. The number of alkyl halides is 2. The molecule has 4 heterocycles. The quantitative estimate of drug-likeness (QED) is 0.118. The highest BCUT2D eigenvalue weighted by Gasteiger charge is 2.45. The summed E-state index contributed by atoms with van der Waals surface area (Å²) in [5, 5.41) is 5.23. The van der Waals surface area contributed by atoms with Crippen LogP contribution in [0.5, 0.6) is 0 Å². The van der Waals surface area contributed by atoms with Crippen molar-refractivity contribution in [3.8, 4) is 33.6 Å². The fourth-order valence-corrected chi connectivity index (χ4v) is 10.4. The number of aromatic amines is 2. The monoisotopic (exact) mass is 868 g/mol. The van der Waals surface area contributed by atoms with Crippen molar-refractivity contribution in [2.24, 2.45) is 17.3 Å². The Morgan fingerprint density at radius 2 is 1.13 bits per heavy atom. The smallest absolute Gasteiger partial charge is 0.407 e. The number of aromatic nitrogens is 4. The predicted octanol–water partition coefficient (Wildman–Crippen LogP) is 7.78. The molecule has 0 radical (unpaired) electrons. The largest absolute Gasteiger partial charge is 0.453 e. The standard InChI is InChI=1S/C47H58F2N8O6/c1-25(2)39(54-45(60)62-5)43(58)56-23-29(48)17-37(56)41-50-21-35(52-41)28-11-9-27(10-12-28)31-13-14-32(34-20-47(19-33(31)34)15-7-8-16-47)36-22-51-42(53-36)38-18-30(49)24-57(38)44(59)40(26(3)4)55-46(61)63-6/h9-14,21-22,25-26,29-30,37-40H,7-8,15-20,23-24H2,1-6H3,(H,50,52)(H,51,53)(H,54,60)(H,55,61)/t29-,30-,37+,38+,39+,40+/m1/s1. The van der Waals surface area contributed by atoms with Gasteiger partial charge in [0.05, 0.1) is 63.2 Å². The highest BCUT2D eigenvalue weighted by atomic mass is 19.1. The Balaban J connectivity index is 1.04. The molecule has 16 heteroatoms. The number of nitrogens with zero attached hydrogens (tertiary/aromatic N) is 4. The zero-order chi connectivity index (χ0) is 44.7. The third kappa shape index (κ3) is 8.64. The van der Waals surface area contributed by atoms with Crippen LogP contribution in [-0.4, -0.2) is 105 Å². The maximum absolute atomic E-state index is 15.1. The highest BCUT2D eigenvalue weighted by Crippen LogP contribution is 2.53. The van der Waals surface area contributed by atoms with Crippen LogP contribution in [0.1, 0.15) is 101 Å². The average Bonchev–Trinajstić information content (AvgIpc) is 4.14. The van der Waals surface area contributed by atoms with E-state index in [4.69, 9.17) is 14.5 Å². The van der Waals surface area contributed by atoms with Crippen LogP contribution < -0.4 is 10.6 Å². The van der Waals surface area contributed by atoms with Gasteiger partial charge in [0, 0.05) is 18.4 Å². The van der Waals surface area contributed by atoms with Crippen molar-refractivity contribution in [3.63, 3.8) is 0 Å². The first-order valence-electron chi connectivity index (χ1n) is 22.1. The second kappa shape index (κ2) is 17.8. The zero-order valence-electron chi connectivity index (χ0n) is 36.8. The first-order chi connectivity index (χ1) is 30.2. The SMILES string of the molecule is COC(=O)N[C@H](C(=O)N1C[C@H](F)C[C@H]1c1ncc(-c2ccc(-c3ccc(-c4cnc([C@@H]5C[C@@H](F)CN5C(=O)[C@@H](NC(=O)OC)C(C)C)[nH]4)c4c3CC3(CCCC3)C4)cc2)[nH]1)C(C)C. The molecule has 4 amide bonds. The zero-order valence-corrected chi connectivity index (χ0v) is 36.8. The van der Waals surface area contributed by atoms with Crippen LogP contribution in [-0.2, 0) is 31.9 Å². The lowest BCUT2D eigenvalue weighted by atomic mass is 9.82. The molecule has 3 fully saturated rings. The number of fused-ring (bicyclic) bond motifs is 1. The Morgan fingerprint density at radius 1 is 0.683 bits per heavy atom. The van der Waals surface area contributed by atoms with E-state index in [1.807, 2.05) is 39.8 Å². The van der Waals surface area contributed by atoms with E-state index in [2.05, 4.69) is 49.9 Å². The summed E-state index contributed by atoms with van der Waals surface area (Å²) in [6, 6.07) is 9.59. The van der Waals surface area contributed by atoms with E-state index in [1.165, 1.54) is 48.0 Å². The molecule has 2 aromatic carbocycles. The number of nitrogens with one attached hydrogen (secondary N) is 4. The molecule has 2 aliphatic carbocycles. The second-order valence-electron chi connectivity index (χ2n) is 18.5. The minimum absolute atomic E-state index is 0.0886. The molecule has 4 aromatic rings. The van der Waals surface area contributed by atoms with Crippen LogP contribution in [0.15, 0.2) is 48.8 Å². The number of amides is 4. The number of methoxy groups -OCH3 is 2. The molecule has 6 atom stereocenters. The molecule has 63 heavy (non-hydrogen) atoms. The van der Waals surface area contributed by atoms with E-state index in [9.17, 15) is 23.6 Å². The molecule has 4 N–H and O–H groups in total. The molecule has 2 saturated heterocycles. The van der Waals surface area contributed by atoms with E-state index in [-0.39, 0.29) is 55.0 Å². The van der Waals surface area contributed by atoms with Crippen LogP contribution >= 0.6 is 0 Å². The van der Waals surface area contributed by atoms with E-state index < -0.39 is 48.7 Å². The lowest BCUT2D eigenvalue weighted by Gasteiger charge is -2.29. The number of hydrogen-bond donors (Lipinski definition) is 4. The van der Waals surface area contributed by atoms with Gasteiger partial charge in [0.2, 0.25) is 11.8 Å². The Hall–Kier alpha value is -5.80. The maximum atomic E-state index is 15.1. The van der Waals surface area contributed by atoms with Crippen molar-refractivity contribution in [3.05, 3.63) is 71.6 Å². The van der Waals surface area contributed by atoms with Gasteiger partial charge in [-0.25, -0.2) is 28.3 Å². The second-order valence-corrected chi connectivity index (χ2v) is 18.5. The fraction of sp³-hybridized carbons (Fsp3) is 0.532. The fourth-order valence-electron chi connectivity index (χ4n) is 10.4. The number of hydrogen-bond acceptors (Lipinski definition) is 8. The summed E-state index contributed by atoms with van der Waals surface area (Å²) in [6.45, 7) is 7.09. The van der Waals surface area contributed by atoms with Crippen LogP contribution in [0.25, 0.3) is 33.6 Å². The predicted molar refractivity (Wildman–Crippen MR) is 232 cm³/mol. The number of likely N-dealkylation sites (tertiary alicyclic amines) is 2. The van der Waals surface area contributed by atoms with Gasteiger partial charge in [-0.2, -0.15) is 0 Å². The molecule has 336 valence electrons. The number of H-pyrrole nitrogens is 2. The summed E-state index contributed by atoms with van der Waals surface area (Å²) in [4.78, 5) is 70.7. The molecule has 8 rings (SSSR count).